The number of thiazole rings is 1. The zero-order chi connectivity index (χ0) is 23.8. The van der Waals surface area contributed by atoms with Crippen molar-refractivity contribution in [2.45, 2.75) is 12.6 Å². The lowest BCUT2D eigenvalue weighted by Gasteiger charge is -2.08. The van der Waals surface area contributed by atoms with E-state index in [1.54, 1.807) is 23.6 Å². The van der Waals surface area contributed by atoms with Gasteiger partial charge in [0.15, 0.2) is 5.13 Å². The van der Waals surface area contributed by atoms with Crippen LogP contribution in [0, 0.1) is 12.3 Å². The van der Waals surface area contributed by atoms with E-state index in [0.717, 1.165) is 12.1 Å². The molecule has 2 N–H and O–H groups in total. The number of hydrogen-bond acceptors (Lipinski definition) is 6. The molecule has 0 fully saturated rings. The Bertz CT molecular complexity index is 1200. The average Bonchev–Trinajstić information content (AvgIpc) is 3.19. The van der Waals surface area contributed by atoms with Crippen LogP contribution in [0.3, 0.4) is 0 Å². The van der Waals surface area contributed by atoms with Gasteiger partial charge in [-0.3, -0.25) is 4.79 Å². The van der Waals surface area contributed by atoms with Gasteiger partial charge in [0.05, 0.1) is 28.9 Å². The number of benzene rings is 2. The standard InChI is InChI=1S/C22H16ClF3N4O2S/c1-2-8-32-19-7-6-14(9-18(19)23)12-27-30-20(31)11-17-13-33-21(29-17)28-16-5-3-4-15(10-16)22(24,25)26/h1,3-7,9-10,12-13H,8,11H2,(H,28,29)(H,30,31)/b27-12-. The van der Waals surface area contributed by atoms with Crippen LogP contribution in [0.2, 0.25) is 5.02 Å². The highest BCUT2D eigenvalue weighted by Crippen LogP contribution is 2.32. The fraction of sp³-hybridized carbons (Fsp3) is 0.136. The molecule has 6 nitrogen and oxygen atoms in total. The number of terminal acetylenes is 1. The predicted molar refractivity (Wildman–Crippen MR) is 122 cm³/mol. The number of carbonyl (C=O) groups is 1. The smallest absolute Gasteiger partial charge is 0.416 e. The van der Waals surface area contributed by atoms with E-state index in [1.165, 1.54) is 29.7 Å². The van der Waals surface area contributed by atoms with Crippen LogP contribution in [-0.4, -0.2) is 23.7 Å². The molecule has 1 aromatic heterocycles. The van der Waals surface area contributed by atoms with Crippen molar-refractivity contribution in [3.63, 3.8) is 0 Å². The van der Waals surface area contributed by atoms with E-state index in [0.29, 0.717) is 27.2 Å². The summed E-state index contributed by atoms with van der Waals surface area (Å²) in [6.45, 7) is 0.0943. The largest absolute Gasteiger partial charge is 0.479 e. The maximum Gasteiger partial charge on any atom is 0.416 e. The highest BCUT2D eigenvalue weighted by molar-refractivity contribution is 7.13. The molecule has 0 saturated heterocycles. The third kappa shape index (κ3) is 7.24. The number of nitrogens with zero attached hydrogens (tertiary/aromatic N) is 2. The molecule has 3 aromatic rings. The lowest BCUT2D eigenvalue weighted by Crippen LogP contribution is -2.19. The van der Waals surface area contributed by atoms with Gasteiger partial charge in [-0.2, -0.15) is 18.3 Å². The summed E-state index contributed by atoms with van der Waals surface area (Å²) in [6, 6.07) is 9.71. The molecule has 1 amide bonds. The van der Waals surface area contributed by atoms with Crippen molar-refractivity contribution < 1.29 is 22.7 Å². The predicted octanol–water partition coefficient (Wildman–Crippen LogP) is 5.26. The highest BCUT2D eigenvalue weighted by Gasteiger charge is 2.30. The third-order valence-electron chi connectivity index (χ3n) is 4.00. The summed E-state index contributed by atoms with van der Waals surface area (Å²) in [5.41, 5.74) is 2.94. The van der Waals surface area contributed by atoms with Crippen molar-refractivity contribution in [1.29, 1.82) is 0 Å². The molecule has 1 heterocycles. The molecule has 11 heteroatoms. The maximum atomic E-state index is 12.8. The molecule has 0 atom stereocenters. The third-order valence-corrected chi connectivity index (χ3v) is 5.11. The molecule has 0 aliphatic heterocycles. The number of carbonyl (C=O) groups excluding carboxylic acids is 1. The van der Waals surface area contributed by atoms with Crippen molar-refractivity contribution in [3.05, 3.63) is 69.7 Å². The molecule has 0 saturated carbocycles. The molecule has 0 unspecified atom stereocenters. The summed E-state index contributed by atoms with van der Waals surface area (Å²) >= 11 is 7.26. The van der Waals surface area contributed by atoms with Gasteiger partial charge in [-0.05, 0) is 42.0 Å². The van der Waals surface area contributed by atoms with Crippen molar-refractivity contribution in [2.24, 2.45) is 5.10 Å². The van der Waals surface area contributed by atoms with Crippen LogP contribution in [0.25, 0.3) is 0 Å². The molecule has 0 spiro atoms. The second-order valence-corrected chi connectivity index (χ2v) is 7.77. The number of nitrogens with one attached hydrogen (secondary N) is 2. The van der Waals surface area contributed by atoms with Crippen LogP contribution >= 0.6 is 22.9 Å². The van der Waals surface area contributed by atoms with Crippen LogP contribution in [0.1, 0.15) is 16.8 Å². The molecule has 0 radical (unpaired) electrons. The second kappa shape index (κ2) is 10.8. The van der Waals surface area contributed by atoms with E-state index in [9.17, 15) is 18.0 Å². The number of alkyl halides is 3. The number of halogens is 4. The summed E-state index contributed by atoms with van der Waals surface area (Å²) in [5, 5.41) is 9.03. The fourth-order valence-corrected chi connectivity index (χ4v) is 3.53. The molecule has 33 heavy (non-hydrogen) atoms. The first kappa shape index (κ1) is 24.1. The van der Waals surface area contributed by atoms with Gasteiger partial charge in [0.25, 0.3) is 0 Å². The van der Waals surface area contributed by atoms with Crippen LogP contribution < -0.4 is 15.5 Å². The highest BCUT2D eigenvalue weighted by atomic mass is 35.5. The minimum Gasteiger partial charge on any atom is -0.479 e. The van der Waals surface area contributed by atoms with E-state index in [2.05, 4.69) is 26.7 Å². The Kier molecular flexibility index (Phi) is 7.92. The number of aromatic nitrogens is 1. The van der Waals surface area contributed by atoms with Gasteiger partial charge >= 0.3 is 6.18 Å². The lowest BCUT2D eigenvalue weighted by atomic mass is 10.2. The van der Waals surface area contributed by atoms with E-state index in [-0.39, 0.29) is 18.7 Å². The Balaban J connectivity index is 1.53. The van der Waals surface area contributed by atoms with Crippen molar-refractivity contribution >= 4 is 45.9 Å². The zero-order valence-electron chi connectivity index (χ0n) is 16.8. The fourth-order valence-electron chi connectivity index (χ4n) is 2.56. The number of hydrazone groups is 1. The molecule has 0 aliphatic rings. The topological polar surface area (TPSA) is 75.6 Å². The first-order chi connectivity index (χ1) is 15.7. The SMILES string of the molecule is C#CCOc1ccc(/C=N\NC(=O)Cc2csc(Nc3cccc(C(F)(F)F)c3)n2)cc1Cl. The van der Waals surface area contributed by atoms with Gasteiger partial charge < -0.3 is 10.1 Å². The van der Waals surface area contributed by atoms with Gasteiger partial charge in [0, 0.05) is 11.1 Å². The molecular weight excluding hydrogens is 477 g/mol. The summed E-state index contributed by atoms with van der Waals surface area (Å²) < 4.78 is 43.8. The minimum absolute atomic E-state index is 0.0578. The quantitative estimate of drug-likeness (QED) is 0.255. The van der Waals surface area contributed by atoms with Crippen LogP contribution in [0.4, 0.5) is 24.0 Å². The van der Waals surface area contributed by atoms with Gasteiger partial charge in [-0.15, -0.1) is 17.8 Å². The molecule has 2 aromatic carbocycles. The van der Waals surface area contributed by atoms with Gasteiger partial charge in [-0.25, -0.2) is 10.4 Å². The number of hydrogen-bond donors (Lipinski definition) is 2. The lowest BCUT2D eigenvalue weighted by molar-refractivity contribution is -0.137. The molecule has 170 valence electrons. The van der Waals surface area contributed by atoms with E-state index < -0.39 is 17.6 Å². The minimum atomic E-state index is -4.44. The van der Waals surface area contributed by atoms with Crippen LogP contribution in [-0.2, 0) is 17.4 Å². The maximum absolute atomic E-state index is 12.8. The van der Waals surface area contributed by atoms with E-state index in [1.807, 2.05) is 0 Å². The normalized spacial score (nSPS) is 11.2. The van der Waals surface area contributed by atoms with Gasteiger partial charge in [0.1, 0.15) is 12.4 Å². The number of anilines is 2. The van der Waals surface area contributed by atoms with Gasteiger partial charge in [-0.1, -0.05) is 23.6 Å². The Morgan fingerprint density at radius 1 is 1.30 bits per heavy atom. The first-order valence-electron chi connectivity index (χ1n) is 9.31. The van der Waals surface area contributed by atoms with Gasteiger partial charge in [0.2, 0.25) is 5.91 Å². The molecule has 3 rings (SSSR count). The summed E-state index contributed by atoms with van der Waals surface area (Å²) in [6.07, 6.45) is 2.06. The Morgan fingerprint density at radius 2 is 2.12 bits per heavy atom. The van der Waals surface area contributed by atoms with Crippen LogP contribution in [0.15, 0.2) is 52.9 Å². The van der Waals surface area contributed by atoms with E-state index >= 15 is 0 Å². The average molecular weight is 493 g/mol. The van der Waals surface area contributed by atoms with Crippen LogP contribution in [0.5, 0.6) is 5.75 Å². The number of amides is 1. The monoisotopic (exact) mass is 492 g/mol. The first-order valence-corrected chi connectivity index (χ1v) is 10.6. The molecule has 0 bridgehead atoms. The second-order valence-electron chi connectivity index (χ2n) is 6.50. The van der Waals surface area contributed by atoms with Crippen molar-refractivity contribution in [3.8, 4) is 18.1 Å². The van der Waals surface area contributed by atoms with Crippen molar-refractivity contribution in [2.75, 3.05) is 11.9 Å². The summed E-state index contributed by atoms with van der Waals surface area (Å²) in [4.78, 5) is 16.3. The molecular formula is C22H16ClF3N4O2S. The summed E-state index contributed by atoms with van der Waals surface area (Å²) in [7, 11) is 0. The number of rotatable bonds is 8. The van der Waals surface area contributed by atoms with E-state index in [4.69, 9.17) is 22.8 Å². The Labute approximate surface area is 196 Å². The van der Waals surface area contributed by atoms with Crippen molar-refractivity contribution in [1.82, 2.24) is 10.4 Å². The Morgan fingerprint density at radius 3 is 2.85 bits per heavy atom. The molecule has 0 aliphatic carbocycles. The Hall–Kier alpha value is -3.55. The zero-order valence-corrected chi connectivity index (χ0v) is 18.4. The number of ether oxygens (including phenoxy) is 1. The summed E-state index contributed by atoms with van der Waals surface area (Å²) in [5.74, 6) is 2.37.